The Balaban J connectivity index is 1.65. The summed E-state index contributed by atoms with van der Waals surface area (Å²) in [6, 6.07) is 10.3. The van der Waals surface area contributed by atoms with E-state index in [9.17, 15) is 9.90 Å². The molecule has 0 bridgehead atoms. The van der Waals surface area contributed by atoms with Crippen molar-refractivity contribution in [2.24, 2.45) is 4.99 Å². The highest BCUT2D eigenvalue weighted by Gasteiger charge is 2.21. The van der Waals surface area contributed by atoms with Gasteiger partial charge in [0.1, 0.15) is 5.69 Å². The van der Waals surface area contributed by atoms with Crippen LogP contribution < -0.4 is 21.4 Å². The molecule has 152 valence electrons. The molecule has 0 spiro atoms. The van der Waals surface area contributed by atoms with Gasteiger partial charge in [-0.2, -0.15) is 19.6 Å². The lowest BCUT2D eigenvalue weighted by molar-refractivity contribution is 0.454. The van der Waals surface area contributed by atoms with Crippen LogP contribution in [0.5, 0.6) is 5.88 Å². The van der Waals surface area contributed by atoms with Crippen LogP contribution in [0.1, 0.15) is 24.1 Å². The second-order valence-corrected chi connectivity index (χ2v) is 7.35. The van der Waals surface area contributed by atoms with E-state index in [-0.39, 0.29) is 17.6 Å². The average Bonchev–Trinajstić information content (AvgIpc) is 3.37. The zero-order valence-electron chi connectivity index (χ0n) is 16.3. The van der Waals surface area contributed by atoms with E-state index >= 15 is 0 Å². The molecular formula is C20H20N8O2. The van der Waals surface area contributed by atoms with E-state index < -0.39 is 5.69 Å². The van der Waals surface area contributed by atoms with E-state index in [0.717, 1.165) is 18.4 Å². The van der Waals surface area contributed by atoms with E-state index in [1.807, 2.05) is 42.3 Å². The first-order chi connectivity index (χ1) is 14.6. The number of aromatic hydroxyl groups is 1. The lowest BCUT2D eigenvalue weighted by atomic mass is 10.2. The highest BCUT2D eigenvalue weighted by molar-refractivity contribution is 5.57. The summed E-state index contributed by atoms with van der Waals surface area (Å²) in [6.07, 6.45) is 5.31. The van der Waals surface area contributed by atoms with Gasteiger partial charge in [0.15, 0.2) is 5.65 Å². The number of nitrogens with zero attached hydrogens (tertiary/aromatic N) is 6. The van der Waals surface area contributed by atoms with Crippen molar-refractivity contribution in [2.75, 3.05) is 11.9 Å². The molecule has 0 amide bonds. The average molecular weight is 404 g/mol. The number of imidazole rings is 1. The molecule has 0 atom stereocenters. The Bertz CT molecular complexity index is 1380. The topological polar surface area (TPSA) is 128 Å². The standard InChI is InChI=1S/C20H20N8O2/c1-27(11-12-5-3-2-4-6-12)18-24-16-13(9-15-17(29)25-20(30)23-15)10-21-28(16)19(26-18)22-14-7-8-14/h2-6,9-10,14,29H,7-8,11H2,1H3,(H2,23,25,30). The van der Waals surface area contributed by atoms with Gasteiger partial charge < -0.3 is 15.0 Å². The minimum Gasteiger partial charge on any atom is -0.493 e. The molecular weight excluding hydrogens is 384 g/mol. The number of aromatic nitrogens is 6. The summed E-state index contributed by atoms with van der Waals surface area (Å²) in [5, 5.41) is 14.9. The van der Waals surface area contributed by atoms with E-state index in [2.05, 4.69) is 25.0 Å². The first-order valence-electron chi connectivity index (χ1n) is 9.64. The second-order valence-electron chi connectivity index (χ2n) is 7.35. The van der Waals surface area contributed by atoms with Crippen LogP contribution >= 0.6 is 0 Å². The Labute approximate surface area is 170 Å². The molecule has 1 aromatic carbocycles. The molecule has 10 nitrogen and oxygen atoms in total. The molecule has 0 radical (unpaired) electrons. The number of benzene rings is 1. The van der Waals surface area contributed by atoms with Crippen LogP contribution in [0.2, 0.25) is 0 Å². The fraction of sp³-hybridized carbons (Fsp3) is 0.250. The maximum Gasteiger partial charge on any atom is 0.326 e. The van der Waals surface area contributed by atoms with E-state index in [1.54, 1.807) is 16.8 Å². The van der Waals surface area contributed by atoms with Gasteiger partial charge in [0.25, 0.3) is 5.62 Å². The minimum absolute atomic E-state index is 0.238. The predicted octanol–water partition coefficient (Wildman–Crippen LogP) is 0.0935. The molecule has 1 aliphatic carbocycles. The van der Waals surface area contributed by atoms with Gasteiger partial charge >= 0.3 is 5.69 Å². The first-order valence-corrected chi connectivity index (χ1v) is 9.64. The SMILES string of the molecule is CN(Cc1ccccc1)c1nc(=NC2CC2)n2ncc(=Cc3[nH]c(=O)[nH]c3O)c2n1. The molecule has 5 rings (SSSR count). The summed E-state index contributed by atoms with van der Waals surface area (Å²) in [4.78, 5) is 32.3. The van der Waals surface area contributed by atoms with Gasteiger partial charge in [0.05, 0.1) is 12.2 Å². The zero-order chi connectivity index (χ0) is 20.7. The maximum atomic E-state index is 11.4. The molecule has 3 heterocycles. The Kier molecular flexibility index (Phi) is 4.31. The molecule has 10 heteroatoms. The highest BCUT2D eigenvalue weighted by Crippen LogP contribution is 2.22. The minimum atomic E-state index is -0.488. The van der Waals surface area contributed by atoms with Crippen molar-refractivity contribution in [3.05, 3.63) is 69.1 Å². The molecule has 3 aromatic heterocycles. The molecule has 1 saturated carbocycles. The third-order valence-corrected chi connectivity index (χ3v) is 4.85. The lowest BCUT2D eigenvalue weighted by Crippen LogP contribution is -2.28. The summed E-state index contributed by atoms with van der Waals surface area (Å²) in [7, 11) is 1.93. The number of anilines is 1. The second kappa shape index (κ2) is 7.14. The van der Waals surface area contributed by atoms with Crippen LogP contribution in [0.15, 0.2) is 46.3 Å². The fourth-order valence-corrected chi connectivity index (χ4v) is 3.17. The lowest BCUT2D eigenvalue weighted by Gasteiger charge is -2.17. The molecule has 1 fully saturated rings. The van der Waals surface area contributed by atoms with Gasteiger partial charge in [-0.25, -0.2) is 9.79 Å². The number of rotatable bonds is 5. The number of nitrogens with one attached hydrogen (secondary N) is 2. The number of H-pyrrole nitrogens is 2. The van der Waals surface area contributed by atoms with Crippen LogP contribution in [0.4, 0.5) is 5.95 Å². The largest absolute Gasteiger partial charge is 0.493 e. The molecule has 30 heavy (non-hydrogen) atoms. The van der Waals surface area contributed by atoms with Gasteiger partial charge in [0.2, 0.25) is 11.8 Å². The van der Waals surface area contributed by atoms with Crippen LogP contribution in [-0.2, 0) is 6.54 Å². The molecule has 0 aliphatic heterocycles. The van der Waals surface area contributed by atoms with E-state index in [4.69, 9.17) is 4.98 Å². The normalized spacial score (nSPS) is 15.2. The molecule has 3 N–H and O–H groups in total. The quantitative estimate of drug-likeness (QED) is 0.433. The zero-order valence-corrected chi connectivity index (χ0v) is 16.3. The van der Waals surface area contributed by atoms with Crippen molar-refractivity contribution in [3.8, 4) is 5.88 Å². The van der Waals surface area contributed by atoms with Gasteiger partial charge in [-0.15, -0.1) is 0 Å². The fourth-order valence-electron chi connectivity index (χ4n) is 3.17. The first kappa shape index (κ1) is 18.1. The van der Waals surface area contributed by atoms with Crippen molar-refractivity contribution < 1.29 is 5.11 Å². The van der Waals surface area contributed by atoms with Crippen molar-refractivity contribution in [1.29, 1.82) is 0 Å². The summed E-state index contributed by atoms with van der Waals surface area (Å²) in [5.41, 5.74) is 1.94. The van der Waals surface area contributed by atoms with Crippen LogP contribution in [0, 0.1) is 0 Å². The number of hydrogen-bond donors (Lipinski definition) is 3. The van der Waals surface area contributed by atoms with Crippen molar-refractivity contribution in [1.82, 2.24) is 29.5 Å². The van der Waals surface area contributed by atoms with Crippen LogP contribution in [0.3, 0.4) is 0 Å². The summed E-state index contributed by atoms with van der Waals surface area (Å²) >= 11 is 0. The predicted molar refractivity (Wildman–Crippen MR) is 110 cm³/mol. The van der Waals surface area contributed by atoms with Crippen LogP contribution in [-0.4, -0.2) is 47.7 Å². The monoisotopic (exact) mass is 404 g/mol. The van der Waals surface area contributed by atoms with Gasteiger partial charge in [-0.05, 0) is 24.5 Å². The Morgan fingerprint density at radius 1 is 1.27 bits per heavy atom. The molecule has 0 unspecified atom stereocenters. The molecule has 1 aliphatic rings. The number of fused-ring (bicyclic) bond motifs is 1. The third kappa shape index (κ3) is 3.54. The summed E-state index contributed by atoms with van der Waals surface area (Å²) in [5.74, 6) is 0.283. The maximum absolute atomic E-state index is 11.4. The van der Waals surface area contributed by atoms with E-state index in [1.165, 1.54) is 0 Å². The Morgan fingerprint density at radius 3 is 2.77 bits per heavy atom. The van der Waals surface area contributed by atoms with Crippen molar-refractivity contribution >= 4 is 17.7 Å². The Morgan fingerprint density at radius 2 is 2.07 bits per heavy atom. The summed E-state index contributed by atoms with van der Waals surface area (Å²) in [6.45, 7) is 0.638. The molecule has 0 saturated heterocycles. The number of aromatic amines is 2. The van der Waals surface area contributed by atoms with Gasteiger partial charge in [-0.3, -0.25) is 4.98 Å². The highest BCUT2D eigenvalue weighted by atomic mass is 16.3. The Hall–Kier alpha value is -3.95. The van der Waals surface area contributed by atoms with Crippen molar-refractivity contribution in [3.63, 3.8) is 0 Å². The van der Waals surface area contributed by atoms with Crippen molar-refractivity contribution in [2.45, 2.75) is 25.4 Å². The smallest absolute Gasteiger partial charge is 0.326 e. The third-order valence-electron chi connectivity index (χ3n) is 4.85. The molecule has 4 aromatic rings. The van der Waals surface area contributed by atoms with Gasteiger partial charge in [-0.1, -0.05) is 30.3 Å². The van der Waals surface area contributed by atoms with Crippen LogP contribution in [0.25, 0.3) is 11.7 Å². The number of hydrogen-bond acceptors (Lipinski definition) is 7. The van der Waals surface area contributed by atoms with Gasteiger partial charge in [0, 0.05) is 18.8 Å². The van der Waals surface area contributed by atoms with E-state index in [0.29, 0.717) is 29.0 Å². The summed E-state index contributed by atoms with van der Waals surface area (Å²) < 4.78 is 1.59.